The number of anilines is 2. The number of nitrogens with zero attached hydrogens (tertiary/aromatic N) is 1. The van der Waals surface area contributed by atoms with Crippen molar-refractivity contribution in [3.63, 3.8) is 0 Å². The summed E-state index contributed by atoms with van der Waals surface area (Å²) in [4.78, 5) is 9.41. The highest BCUT2D eigenvalue weighted by atomic mass is 19.4. The molecule has 0 saturated heterocycles. The molecule has 5 nitrogen and oxygen atoms in total. The van der Waals surface area contributed by atoms with E-state index < -0.39 is 34.1 Å². The molecule has 0 radical (unpaired) electrons. The molecular formula is C16H15F6N3O2. The van der Waals surface area contributed by atoms with Gasteiger partial charge in [0, 0.05) is 23.5 Å². The van der Waals surface area contributed by atoms with Crippen LogP contribution in [-0.4, -0.2) is 4.92 Å². The molecule has 11 heteroatoms. The summed E-state index contributed by atoms with van der Waals surface area (Å²) in [6.45, 7) is 2.53. The largest absolute Gasteiger partial charge is 0.416 e. The van der Waals surface area contributed by atoms with Gasteiger partial charge in [-0.25, -0.2) is 0 Å². The maximum absolute atomic E-state index is 12.4. The van der Waals surface area contributed by atoms with Crippen LogP contribution in [0.5, 0.6) is 0 Å². The quantitative estimate of drug-likeness (QED) is 0.304. The monoisotopic (exact) mass is 395 g/mol. The number of nitro groups is 1. The van der Waals surface area contributed by atoms with Gasteiger partial charge in [-0.2, -0.15) is 26.3 Å². The molecule has 0 spiro atoms. The molecule has 0 amide bonds. The van der Waals surface area contributed by atoms with Crippen LogP contribution in [0, 0.1) is 24.0 Å². The number of halogens is 6. The van der Waals surface area contributed by atoms with E-state index in [1.807, 2.05) is 0 Å². The number of hydrogen-bond acceptors (Lipinski definition) is 4. The van der Waals surface area contributed by atoms with Crippen molar-refractivity contribution in [2.75, 3.05) is 11.5 Å². The fraction of sp³-hybridized carbons (Fsp3) is 0.250. The van der Waals surface area contributed by atoms with Crippen molar-refractivity contribution in [2.45, 2.75) is 26.2 Å². The first-order valence-corrected chi connectivity index (χ1v) is 7.20. The summed E-state index contributed by atoms with van der Waals surface area (Å²) in [6.07, 6.45) is -8.94. The first kappa shape index (κ1) is 22.1. The summed E-state index contributed by atoms with van der Waals surface area (Å²) >= 11 is 0. The van der Waals surface area contributed by atoms with E-state index >= 15 is 0 Å². The number of alkyl halides is 6. The predicted octanol–water partition coefficient (Wildman–Crippen LogP) is 5.10. The van der Waals surface area contributed by atoms with Gasteiger partial charge in [0.25, 0.3) is 5.69 Å². The first-order valence-electron chi connectivity index (χ1n) is 7.20. The van der Waals surface area contributed by atoms with Gasteiger partial charge < -0.3 is 11.5 Å². The second kappa shape index (κ2) is 7.72. The average molecular weight is 395 g/mol. The maximum atomic E-state index is 12.4. The molecule has 0 aliphatic carbocycles. The third-order valence-corrected chi connectivity index (χ3v) is 3.63. The van der Waals surface area contributed by atoms with Gasteiger partial charge in [-0.05, 0) is 37.1 Å². The zero-order valence-electron chi connectivity index (χ0n) is 14.1. The Bertz CT molecular complexity index is 847. The lowest BCUT2D eigenvalue weighted by Crippen LogP contribution is -2.10. The number of nitro benzene ring substituents is 1. The third-order valence-electron chi connectivity index (χ3n) is 3.63. The van der Waals surface area contributed by atoms with Gasteiger partial charge >= 0.3 is 12.4 Å². The second-order valence-electron chi connectivity index (χ2n) is 5.48. The highest BCUT2D eigenvalue weighted by molar-refractivity contribution is 5.58. The molecule has 0 fully saturated rings. The van der Waals surface area contributed by atoms with Crippen LogP contribution >= 0.6 is 0 Å². The third kappa shape index (κ3) is 5.50. The maximum Gasteiger partial charge on any atom is 0.416 e. The highest BCUT2D eigenvalue weighted by Gasteiger charge is 2.35. The first-order chi connectivity index (χ1) is 12.2. The molecule has 148 valence electrons. The highest BCUT2D eigenvalue weighted by Crippen LogP contribution is 2.36. The molecule has 0 bridgehead atoms. The van der Waals surface area contributed by atoms with E-state index in [2.05, 4.69) is 0 Å². The van der Waals surface area contributed by atoms with Crippen molar-refractivity contribution in [1.29, 1.82) is 0 Å². The molecule has 27 heavy (non-hydrogen) atoms. The van der Waals surface area contributed by atoms with Crippen LogP contribution < -0.4 is 11.5 Å². The normalized spacial score (nSPS) is 11.6. The Morgan fingerprint density at radius 1 is 0.852 bits per heavy atom. The zero-order chi connectivity index (χ0) is 21.2. The lowest BCUT2D eigenvalue weighted by molar-refractivity contribution is -0.385. The van der Waals surface area contributed by atoms with Crippen molar-refractivity contribution in [3.05, 3.63) is 62.7 Å². The summed E-state index contributed by atoms with van der Waals surface area (Å²) in [5, 5.41) is 10.3. The topological polar surface area (TPSA) is 95.2 Å². The van der Waals surface area contributed by atoms with Crippen molar-refractivity contribution < 1.29 is 31.3 Å². The zero-order valence-corrected chi connectivity index (χ0v) is 14.1. The molecule has 4 N–H and O–H groups in total. The Labute approximate surface area is 149 Å². The van der Waals surface area contributed by atoms with Crippen molar-refractivity contribution in [2.24, 2.45) is 0 Å². The molecule has 2 rings (SSSR count). The molecule has 0 atom stereocenters. The van der Waals surface area contributed by atoms with Crippen LogP contribution in [0.1, 0.15) is 22.3 Å². The van der Waals surface area contributed by atoms with Crippen molar-refractivity contribution in [3.8, 4) is 0 Å². The molecule has 2 aromatic carbocycles. The lowest BCUT2D eigenvalue weighted by atomic mass is 10.1. The Morgan fingerprint density at radius 2 is 1.33 bits per heavy atom. The van der Waals surface area contributed by atoms with Crippen molar-refractivity contribution in [1.82, 2.24) is 0 Å². The Kier molecular flexibility index (Phi) is 6.31. The van der Waals surface area contributed by atoms with Gasteiger partial charge in [0.05, 0.1) is 16.1 Å². The van der Waals surface area contributed by atoms with E-state index in [9.17, 15) is 36.5 Å². The number of rotatable bonds is 1. The summed E-state index contributed by atoms with van der Waals surface area (Å²) in [5.74, 6) is 0. The Balaban J connectivity index is 0.000000277. The van der Waals surface area contributed by atoms with Crippen LogP contribution in [0.3, 0.4) is 0 Å². The number of non-ortho nitro benzene ring substituents is 1. The Morgan fingerprint density at radius 3 is 1.74 bits per heavy atom. The van der Waals surface area contributed by atoms with E-state index in [-0.39, 0.29) is 22.5 Å². The average Bonchev–Trinajstić information content (AvgIpc) is 2.50. The molecule has 0 aromatic heterocycles. The second-order valence-corrected chi connectivity index (χ2v) is 5.48. The molecule has 0 saturated carbocycles. The van der Waals surface area contributed by atoms with Crippen LogP contribution in [0.2, 0.25) is 0 Å². The van der Waals surface area contributed by atoms with Crippen molar-refractivity contribution >= 4 is 17.1 Å². The van der Waals surface area contributed by atoms with Gasteiger partial charge in [0.2, 0.25) is 0 Å². The predicted molar refractivity (Wildman–Crippen MR) is 87.8 cm³/mol. The minimum atomic E-state index is -4.63. The van der Waals surface area contributed by atoms with Gasteiger partial charge in [0.15, 0.2) is 0 Å². The van der Waals surface area contributed by atoms with Crippen LogP contribution in [0.25, 0.3) is 0 Å². The SMILES string of the molecule is Cc1c(N)cc([N+](=O)[O-])cc1C(F)(F)F.Cc1c(N)cccc1C(F)(F)F. The molecule has 0 heterocycles. The standard InChI is InChI=1S/C8H7F3N2O2.C8H8F3N/c1-4-6(8(9,10)11)2-5(13(14)15)3-7(4)12;1-5-6(8(9,10)11)3-2-4-7(5)12/h2-3H,12H2,1H3;2-4H,12H2,1H3. The molecule has 0 aliphatic heterocycles. The van der Waals surface area contributed by atoms with Crippen LogP contribution in [-0.2, 0) is 12.4 Å². The minimum Gasteiger partial charge on any atom is -0.399 e. The molecule has 0 aliphatic rings. The van der Waals surface area contributed by atoms with Crippen LogP contribution in [0.15, 0.2) is 30.3 Å². The van der Waals surface area contributed by atoms with Crippen LogP contribution in [0.4, 0.5) is 43.4 Å². The number of nitrogen functional groups attached to an aromatic ring is 2. The van der Waals surface area contributed by atoms with Gasteiger partial charge in [-0.3, -0.25) is 10.1 Å². The summed E-state index contributed by atoms with van der Waals surface area (Å²) in [5.41, 5.74) is 7.99. The number of hydrogen-bond donors (Lipinski definition) is 2. The van der Waals surface area contributed by atoms with E-state index in [0.29, 0.717) is 6.07 Å². The van der Waals surface area contributed by atoms with E-state index in [1.54, 1.807) is 0 Å². The van der Waals surface area contributed by atoms with E-state index in [1.165, 1.54) is 26.0 Å². The molecular weight excluding hydrogens is 380 g/mol. The summed E-state index contributed by atoms with van der Waals surface area (Å²) < 4.78 is 73.7. The molecule has 2 aromatic rings. The van der Waals surface area contributed by atoms with Gasteiger partial charge in [0.1, 0.15) is 0 Å². The van der Waals surface area contributed by atoms with E-state index in [4.69, 9.17) is 11.5 Å². The summed E-state index contributed by atoms with van der Waals surface area (Å²) in [7, 11) is 0. The number of benzene rings is 2. The fourth-order valence-corrected chi connectivity index (χ4v) is 2.08. The lowest BCUT2D eigenvalue weighted by Gasteiger charge is -2.11. The van der Waals surface area contributed by atoms with Gasteiger partial charge in [-0.15, -0.1) is 0 Å². The summed E-state index contributed by atoms with van der Waals surface area (Å²) in [6, 6.07) is 5.15. The smallest absolute Gasteiger partial charge is 0.399 e. The van der Waals surface area contributed by atoms with E-state index in [0.717, 1.165) is 12.1 Å². The van der Waals surface area contributed by atoms with Gasteiger partial charge in [-0.1, -0.05) is 6.07 Å². The number of nitrogens with two attached hydrogens (primary N) is 2. The molecule has 0 unspecified atom stereocenters. The minimum absolute atomic E-state index is 0.0880. The fourth-order valence-electron chi connectivity index (χ4n) is 2.08. The Hall–Kier alpha value is -2.98.